The maximum Gasteiger partial charge on any atom is 0.358 e. The molecular formula is C21H25N3O5S. The second kappa shape index (κ2) is 10.3. The highest BCUT2D eigenvalue weighted by Crippen LogP contribution is 2.31. The molecule has 1 aliphatic heterocycles. The Kier molecular flexibility index (Phi) is 7.51. The van der Waals surface area contributed by atoms with Crippen LogP contribution in [0.25, 0.3) is 5.65 Å². The normalized spacial score (nSPS) is 15.4. The molecule has 1 aliphatic rings. The van der Waals surface area contributed by atoms with Gasteiger partial charge in [0.15, 0.2) is 17.1 Å². The quantitative estimate of drug-likeness (QED) is 0.318. The molecule has 1 saturated heterocycles. The molecule has 0 aliphatic carbocycles. The van der Waals surface area contributed by atoms with E-state index < -0.39 is 5.97 Å². The van der Waals surface area contributed by atoms with E-state index in [1.807, 2.05) is 19.1 Å². The minimum absolute atomic E-state index is 0.201. The van der Waals surface area contributed by atoms with Crippen molar-refractivity contribution in [2.75, 3.05) is 19.8 Å². The number of allylic oxidation sites excluding steroid dienone is 1. The summed E-state index contributed by atoms with van der Waals surface area (Å²) < 4.78 is 12.5. The van der Waals surface area contributed by atoms with E-state index >= 15 is 0 Å². The van der Waals surface area contributed by atoms with Crippen LogP contribution in [0.1, 0.15) is 50.0 Å². The van der Waals surface area contributed by atoms with Gasteiger partial charge < -0.3 is 13.9 Å². The number of carbonyl (C=O) groups is 3. The molecule has 2 aromatic heterocycles. The number of thioether (sulfide) groups is 1. The van der Waals surface area contributed by atoms with Gasteiger partial charge in [-0.2, -0.15) is 0 Å². The average molecular weight is 432 g/mol. The summed E-state index contributed by atoms with van der Waals surface area (Å²) >= 11 is 1.01. The van der Waals surface area contributed by atoms with Gasteiger partial charge in [0, 0.05) is 18.9 Å². The minimum atomic E-state index is -0.475. The molecule has 8 nitrogen and oxygen atoms in total. The lowest BCUT2D eigenvalue weighted by atomic mass is 10.3. The first-order valence-corrected chi connectivity index (χ1v) is 10.9. The summed E-state index contributed by atoms with van der Waals surface area (Å²) in [4.78, 5) is 42.3. The van der Waals surface area contributed by atoms with Crippen LogP contribution >= 0.6 is 11.8 Å². The van der Waals surface area contributed by atoms with E-state index in [2.05, 4.69) is 4.98 Å². The van der Waals surface area contributed by atoms with Gasteiger partial charge in [0.05, 0.1) is 18.1 Å². The number of rotatable bonds is 10. The van der Waals surface area contributed by atoms with Crippen molar-refractivity contribution in [3.05, 3.63) is 41.2 Å². The molecule has 3 rings (SSSR count). The lowest BCUT2D eigenvalue weighted by Crippen LogP contribution is -2.29. The average Bonchev–Trinajstić information content (AvgIpc) is 3.29. The lowest BCUT2D eigenvalue weighted by Gasteiger charge is -2.12. The van der Waals surface area contributed by atoms with Crippen LogP contribution in [0, 0.1) is 0 Å². The summed E-state index contributed by atoms with van der Waals surface area (Å²) in [5, 5.41) is -0.211. The predicted molar refractivity (Wildman–Crippen MR) is 114 cm³/mol. The highest BCUT2D eigenvalue weighted by molar-refractivity contribution is 8.18. The molecule has 0 saturated carbocycles. The van der Waals surface area contributed by atoms with Crippen LogP contribution in [0.4, 0.5) is 4.79 Å². The number of unbranched alkanes of at least 4 members (excludes halogenated alkanes) is 2. The van der Waals surface area contributed by atoms with Crippen molar-refractivity contribution in [1.82, 2.24) is 14.3 Å². The molecule has 0 atom stereocenters. The third-order valence-corrected chi connectivity index (χ3v) is 5.41. The Morgan fingerprint density at radius 3 is 2.87 bits per heavy atom. The number of hydrogen-bond acceptors (Lipinski definition) is 7. The van der Waals surface area contributed by atoms with Crippen LogP contribution in [0.2, 0.25) is 0 Å². The van der Waals surface area contributed by atoms with E-state index in [1.54, 1.807) is 29.8 Å². The Morgan fingerprint density at radius 2 is 2.10 bits per heavy atom. The second-order valence-electron chi connectivity index (χ2n) is 6.69. The van der Waals surface area contributed by atoms with E-state index in [0.29, 0.717) is 42.3 Å². The maximum atomic E-state index is 12.3. The molecule has 160 valence electrons. The summed E-state index contributed by atoms with van der Waals surface area (Å²) in [6, 6.07) is 3.59. The van der Waals surface area contributed by atoms with Gasteiger partial charge in [-0.05, 0) is 50.1 Å². The predicted octanol–water partition coefficient (Wildman–Crippen LogP) is 4.05. The summed E-state index contributed by atoms with van der Waals surface area (Å²) in [5.74, 6) is -0.118. The molecule has 9 heteroatoms. The molecule has 0 radical (unpaired) electrons. The number of ether oxygens (including phenoxy) is 2. The Hall–Kier alpha value is -2.81. The topological polar surface area (TPSA) is 90.2 Å². The van der Waals surface area contributed by atoms with Gasteiger partial charge in [-0.25, -0.2) is 9.78 Å². The van der Waals surface area contributed by atoms with Crippen molar-refractivity contribution in [2.24, 2.45) is 0 Å². The van der Waals surface area contributed by atoms with Crippen LogP contribution in [0.15, 0.2) is 35.5 Å². The number of nitrogens with zero attached hydrogens (tertiary/aromatic N) is 3. The number of fused-ring (bicyclic) bond motifs is 1. The molecule has 30 heavy (non-hydrogen) atoms. The van der Waals surface area contributed by atoms with Crippen molar-refractivity contribution >= 4 is 34.5 Å². The van der Waals surface area contributed by atoms with E-state index in [4.69, 9.17) is 9.47 Å². The fraction of sp³-hybridized carbons (Fsp3) is 0.429. The maximum absolute atomic E-state index is 12.3. The van der Waals surface area contributed by atoms with Gasteiger partial charge in [0.2, 0.25) is 0 Å². The van der Waals surface area contributed by atoms with Gasteiger partial charge >= 0.3 is 5.97 Å². The van der Waals surface area contributed by atoms with E-state index in [0.717, 1.165) is 24.6 Å². The molecule has 0 unspecified atom stereocenters. The Balaban J connectivity index is 1.51. The number of imidazole rings is 1. The second-order valence-corrected chi connectivity index (χ2v) is 7.68. The highest BCUT2D eigenvalue weighted by Gasteiger charge is 2.34. The van der Waals surface area contributed by atoms with Crippen molar-refractivity contribution in [2.45, 2.75) is 39.5 Å². The number of amides is 2. The molecule has 0 bridgehead atoms. The van der Waals surface area contributed by atoms with Crippen molar-refractivity contribution in [3.8, 4) is 5.75 Å². The molecule has 0 N–H and O–H groups in total. The number of aromatic nitrogens is 2. The SMILES string of the molecule is CCCC=C1SC(=O)N(CCCCOc2cccn3cc(C(=O)OCC)nc23)C1=O. The lowest BCUT2D eigenvalue weighted by molar-refractivity contribution is -0.122. The molecule has 0 aromatic carbocycles. The number of esters is 1. The summed E-state index contributed by atoms with van der Waals surface area (Å²) in [6.45, 7) is 4.84. The Labute approximate surface area is 179 Å². The fourth-order valence-electron chi connectivity index (χ4n) is 2.96. The highest BCUT2D eigenvalue weighted by atomic mass is 32.2. The smallest absolute Gasteiger partial charge is 0.358 e. The third-order valence-electron chi connectivity index (χ3n) is 4.46. The van der Waals surface area contributed by atoms with Crippen molar-refractivity contribution in [1.29, 1.82) is 0 Å². The minimum Gasteiger partial charge on any atom is -0.490 e. The van der Waals surface area contributed by atoms with Crippen LogP contribution in [-0.4, -0.2) is 51.2 Å². The summed E-state index contributed by atoms with van der Waals surface area (Å²) in [5.41, 5.74) is 0.760. The largest absolute Gasteiger partial charge is 0.490 e. The van der Waals surface area contributed by atoms with Crippen LogP contribution in [0.5, 0.6) is 5.75 Å². The van der Waals surface area contributed by atoms with Gasteiger partial charge in [-0.15, -0.1) is 0 Å². The molecule has 1 fully saturated rings. The van der Waals surface area contributed by atoms with Gasteiger partial charge in [-0.3, -0.25) is 14.5 Å². The molecule has 2 aromatic rings. The van der Waals surface area contributed by atoms with Crippen LogP contribution in [-0.2, 0) is 9.53 Å². The Morgan fingerprint density at radius 1 is 1.27 bits per heavy atom. The first-order chi connectivity index (χ1) is 14.5. The van der Waals surface area contributed by atoms with E-state index in [1.165, 1.54) is 4.90 Å². The monoisotopic (exact) mass is 431 g/mol. The molecule has 2 amide bonds. The van der Waals surface area contributed by atoms with Gasteiger partial charge in [0.25, 0.3) is 11.1 Å². The first-order valence-electron chi connectivity index (χ1n) is 10.1. The fourth-order valence-corrected chi connectivity index (χ4v) is 3.83. The van der Waals surface area contributed by atoms with E-state index in [-0.39, 0.29) is 23.4 Å². The van der Waals surface area contributed by atoms with Crippen molar-refractivity contribution in [3.63, 3.8) is 0 Å². The number of hydrogen-bond donors (Lipinski definition) is 0. The Bertz CT molecular complexity index is 969. The zero-order valence-electron chi connectivity index (χ0n) is 17.1. The molecule has 3 heterocycles. The van der Waals surface area contributed by atoms with Crippen LogP contribution in [0.3, 0.4) is 0 Å². The van der Waals surface area contributed by atoms with Crippen molar-refractivity contribution < 1.29 is 23.9 Å². The first kappa shape index (κ1) is 21.9. The number of pyridine rings is 1. The number of carbonyl (C=O) groups excluding carboxylic acids is 3. The molecule has 0 spiro atoms. The van der Waals surface area contributed by atoms with Crippen LogP contribution < -0.4 is 4.74 Å². The van der Waals surface area contributed by atoms with Gasteiger partial charge in [-0.1, -0.05) is 19.4 Å². The molecular weight excluding hydrogens is 406 g/mol. The zero-order valence-corrected chi connectivity index (χ0v) is 17.9. The standard InChI is InChI=1S/C21H25N3O5S/c1-3-5-10-17-19(25)24(21(27)30-17)12-6-7-13-29-16-9-8-11-23-14-15(22-18(16)23)20(26)28-4-2/h8-11,14H,3-7,12-13H2,1-2H3. The summed E-state index contributed by atoms with van der Waals surface area (Å²) in [7, 11) is 0. The number of imide groups is 1. The zero-order chi connectivity index (χ0) is 21.5. The summed E-state index contributed by atoms with van der Waals surface area (Å²) in [6.07, 6.45) is 8.26. The third kappa shape index (κ3) is 5.02. The van der Waals surface area contributed by atoms with E-state index in [9.17, 15) is 14.4 Å². The van der Waals surface area contributed by atoms with Gasteiger partial charge in [0.1, 0.15) is 0 Å².